The predicted molar refractivity (Wildman–Crippen MR) is 68.3 cm³/mol. The Balaban J connectivity index is 5.18. The Kier molecular flexibility index (Phi) is 6.57. The van der Waals surface area contributed by atoms with Gasteiger partial charge in [0.1, 0.15) is 11.6 Å². The molecule has 17 heavy (non-hydrogen) atoms. The van der Waals surface area contributed by atoms with Crippen molar-refractivity contribution in [3.8, 4) is 6.07 Å². The maximum absolute atomic E-state index is 11.7. The first-order chi connectivity index (χ1) is 7.85. The number of hydrogen-bond acceptors (Lipinski definition) is 3. The van der Waals surface area contributed by atoms with Crippen molar-refractivity contribution in [1.82, 2.24) is 0 Å². The fourth-order valence-corrected chi connectivity index (χ4v) is 1.72. The highest BCUT2D eigenvalue weighted by Crippen LogP contribution is 2.29. The van der Waals surface area contributed by atoms with Gasteiger partial charge in [0.05, 0.1) is 6.61 Å². The summed E-state index contributed by atoms with van der Waals surface area (Å²) in [5.74, 6) is -0.484. The maximum Gasteiger partial charge on any atom is 0.348 e. The Hall–Kier alpha value is -1.30. The molecule has 0 saturated heterocycles. The molecule has 0 aliphatic rings. The van der Waals surface area contributed by atoms with Gasteiger partial charge in [-0.05, 0) is 30.8 Å². The van der Waals surface area contributed by atoms with Crippen LogP contribution in [0.4, 0.5) is 0 Å². The van der Waals surface area contributed by atoms with Gasteiger partial charge in [0.25, 0.3) is 0 Å². The normalized spacial score (nSPS) is 12.7. The molecule has 0 N–H and O–H groups in total. The van der Waals surface area contributed by atoms with E-state index in [0.29, 0.717) is 6.61 Å². The average Bonchev–Trinajstić information content (AvgIpc) is 2.17. The van der Waals surface area contributed by atoms with Crippen LogP contribution in [0.1, 0.15) is 53.9 Å². The van der Waals surface area contributed by atoms with Crippen LogP contribution >= 0.6 is 0 Å². The molecule has 0 aliphatic heterocycles. The quantitative estimate of drug-likeness (QED) is 0.417. The molecular formula is C14H23NO2. The van der Waals surface area contributed by atoms with E-state index in [1.165, 1.54) is 0 Å². The summed E-state index contributed by atoms with van der Waals surface area (Å²) < 4.78 is 4.92. The van der Waals surface area contributed by atoms with E-state index >= 15 is 0 Å². The molecule has 3 heteroatoms. The van der Waals surface area contributed by atoms with Crippen LogP contribution in [0, 0.1) is 16.7 Å². The van der Waals surface area contributed by atoms with Crippen molar-refractivity contribution >= 4 is 5.97 Å². The maximum atomic E-state index is 11.7. The van der Waals surface area contributed by atoms with E-state index < -0.39 is 5.97 Å². The van der Waals surface area contributed by atoms with Gasteiger partial charge in [-0.2, -0.15) is 5.26 Å². The number of rotatable bonds is 5. The van der Waals surface area contributed by atoms with Gasteiger partial charge in [-0.25, -0.2) is 4.79 Å². The van der Waals surface area contributed by atoms with Crippen LogP contribution in [0.3, 0.4) is 0 Å². The minimum absolute atomic E-state index is 0.0685. The van der Waals surface area contributed by atoms with Crippen molar-refractivity contribution in [2.45, 2.75) is 53.9 Å². The standard InChI is InChI=1S/C14H23NO2/c1-6-8-11(9-14(3,4)5)12(10-15)13(16)17-7-2/h6-9H2,1-5H3. The summed E-state index contributed by atoms with van der Waals surface area (Å²) in [7, 11) is 0. The zero-order valence-electron chi connectivity index (χ0n) is 11.6. The number of carbonyl (C=O) groups is 1. The first-order valence-corrected chi connectivity index (χ1v) is 6.15. The van der Waals surface area contributed by atoms with Crippen LogP contribution in [0.15, 0.2) is 11.1 Å². The van der Waals surface area contributed by atoms with Crippen molar-refractivity contribution in [3.63, 3.8) is 0 Å². The monoisotopic (exact) mass is 237 g/mol. The third-order valence-electron chi connectivity index (χ3n) is 2.24. The lowest BCUT2D eigenvalue weighted by Gasteiger charge is -2.21. The summed E-state index contributed by atoms with van der Waals surface area (Å²) in [6.07, 6.45) is 2.46. The molecule has 0 unspecified atom stereocenters. The Labute approximate surface area is 104 Å². The minimum atomic E-state index is -0.484. The molecule has 0 saturated carbocycles. The molecule has 0 rings (SSSR count). The van der Waals surface area contributed by atoms with Crippen LogP contribution in [0.2, 0.25) is 0 Å². The van der Waals surface area contributed by atoms with Crippen molar-refractivity contribution in [2.75, 3.05) is 6.61 Å². The Morgan fingerprint density at radius 2 is 1.88 bits per heavy atom. The number of nitriles is 1. The molecule has 0 fully saturated rings. The van der Waals surface area contributed by atoms with E-state index in [1.807, 2.05) is 13.0 Å². The van der Waals surface area contributed by atoms with Gasteiger partial charge >= 0.3 is 5.97 Å². The second kappa shape index (κ2) is 7.11. The lowest BCUT2D eigenvalue weighted by molar-refractivity contribution is -0.138. The van der Waals surface area contributed by atoms with E-state index in [-0.39, 0.29) is 11.0 Å². The molecule has 0 spiro atoms. The smallest absolute Gasteiger partial charge is 0.348 e. The molecule has 0 radical (unpaired) electrons. The SMILES string of the molecule is CCCC(CC(C)(C)C)=C(C#N)C(=O)OCC. The largest absolute Gasteiger partial charge is 0.462 e. The molecule has 0 aromatic heterocycles. The third kappa shape index (κ3) is 6.11. The minimum Gasteiger partial charge on any atom is -0.462 e. The predicted octanol–water partition coefficient (Wildman–Crippen LogP) is 3.61. The average molecular weight is 237 g/mol. The third-order valence-corrected chi connectivity index (χ3v) is 2.24. The second-order valence-electron chi connectivity index (χ2n) is 5.30. The van der Waals surface area contributed by atoms with Gasteiger partial charge in [-0.3, -0.25) is 0 Å². The Morgan fingerprint density at radius 3 is 2.24 bits per heavy atom. The number of allylic oxidation sites excluding steroid dienone is 1. The molecule has 0 aromatic carbocycles. The number of ether oxygens (including phenoxy) is 1. The van der Waals surface area contributed by atoms with Crippen molar-refractivity contribution < 1.29 is 9.53 Å². The Morgan fingerprint density at radius 1 is 1.29 bits per heavy atom. The zero-order chi connectivity index (χ0) is 13.5. The van der Waals surface area contributed by atoms with Crippen LogP contribution in [-0.2, 0) is 9.53 Å². The molecule has 96 valence electrons. The zero-order valence-corrected chi connectivity index (χ0v) is 11.6. The van der Waals surface area contributed by atoms with E-state index in [9.17, 15) is 4.79 Å². The fourth-order valence-electron chi connectivity index (χ4n) is 1.72. The van der Waals surface area contributed by atoms with E-state index in [2.05, 4.69) is 20.8 Å². The summed E-state index contributed by atoms with van der Waals surface area (Å²) in [5, 5.41) is 9.11. The summed E-state index contributed by atoms with van der Waals surface area (Å²) in [6.45, 7) is 10.4. The van der Waals surface area contributed by atoms with Gasteiger partial charge in [0, 0.05) is 0 Å². The second-order valence-corrected chi connectivity index (χ2v) is 5.30. The molecular weight excluding hydrogens is 214 g/mol. The van der Waals surface area contributed by atoms with Gasteiger partial charge < -0.3 is 4.74 Å². The topological polar surface area (TPSA) is 50.1 Å². The summed E-state index contributed by atoms with van der Waals surface area (Å²) in [4.78, 5) is 11.7. The lowest BCUT2D eigenvalue weighted by Crippen LogP contribution is -2.13. The van der Waals surface area contributed by atoms with Gasteiger partial charge in [-0.15, -0.1) is 0 Å². The Bertz CT molecular complexity index is 329. The van der Waals surface area contributed by atoms with E-state index in [4.69, 9.17) is 10.00 Å². The highest BCUT2D eigenvalue weighted by Gasteiger charge is 2.20. The lowest BCUT2D eigenvalue weighted by atomic mass is 9.84. The molecule has 0 aliphatic carbocycles. The van der Waals surface area contributed by atoms with Crippen LogP contribution < -0.4 is 0 Å². The van der Waals surface area contributed by atoms with E-state index in [0.717, 1.165) is 24.8 Å². The fraction of sp³-hybridized carbons (Fsp3) is 0.714. The van der Waals surface area contributed by atoms with Crippen LogP contribution in [0.5, 0.6) is 0 Å². The number of carbonyl (C=O) groups excluding carboxylic acids is 1. The van der Waals surface area contributed by atoms with Crippen molar-refractivity contribution in [3.05, 3.63) is 11.1 Å². The number of esters is 1. The van der Waals surface area contributed by atoms with Crippen molar-refractivity contribution in [2.24, 2.45) is 5.41 Å². The molecule has 0 amide bonds. The molecule has 0 heterocycles. The molecule has 0 atom stereocenters. The molecule has 3 nitrogen and oxygen atoms in total. The van der Waals surface area contributed by atoms with Crippen LogP contribution in [-0.4, -0.2) is 12.6 Å². The summed E-state index contributed by atoms with van der Waals surface area (Å²) in [5.41, 5.74) is 1.18. The van der Waals surface area contributed by atoms with Gasteiger partial charge in [0.2, 0.25) is 0 Å². The van der Waals surface area contributed by atoms with Crippen LogP contribution in [0.25, 0.3) is 0 Å². The van der Waals surface area contributed by atoms with Gasteiger partial charge in [0.15, 0.2) is 0 Å². The van der Waals surface area contributed by atoms with Gasteiger partial charge in [-0.1, -0.05) is 34.1 Å². The molecule has 0 aromatic rings. The summed E-state index contributed by atoms with van der Waals surface area (Å²) >= 11 is 0. The highest BCUT2D eigenvalue weighted by atomic mass is 16.5. The number of nitrogens with zero attached hydrogens (tertiary/aromatic N) is 1. The van der Waals surface area contributed by atoms with Crippen molar-refractivity contribution in [1.29, 1.82) is 5.26 Å². The first kappa shape index (κ1) is 15.7. The summed E-state index contributed by atoms with van der Waals surface area (Å²) in [6, 6.07) is 2.00. The first-order valence-electron chi connectivity index (χ1n) is 6.15. The highest BCUT2D eigenvalue weighted by molar-refractivity contribution is 5.93. The number of hydrogen-bond donors (Lipinski definition) is 0. The van der Waals surface area contributed by atoms with E-state index in [1.54, 1.807) is 6.92 Å². The molecule has 0 bridgehead atoms.